The second-order valence-corrected chi connectivity index (χ2v) is 6.09. The van der Waals surface area contributed by atoms with Crippen molar-refractivity contribution in [1.29, 1.82) is 5.26 Å². The quantitative estimate of drug-likeness (QED) is 0.422. The number of alkyl halides is 4. The molecule has 0 amide bonds. The van der Waals surface area contributed by atoms with Crippen molar-refractivity contribution in [1.82, 2.24) is 0 Å². The molecule has 2 aromatic carbocycles. The minimum Gasteiger partial charge on any atom is -0.461 e. The zero-order valence-electron chi connectivity index (χ0n) is 13.6. The van der Waals surface area contributed by atoms with E-state index in [1.54, 1.807) is 18.2 Å². The Balaban J connectivity index is 2.24. The van der Waals surface area contributed by atoms with Crippen LogP contribution < -0.4 is 4.74 Å². The molecule has 0 unspecified atom stereocenters. The summed E-state index contributed by atoms with van der Waals surface area (Å²) < 4.78 is 60.9. The zero-order chi connectivity index (χ0) is 20.0. The Labute approximate surface area is 160 Å². The Morgan fingerprint density at radius 3 is 2.56 bits per heavy atom. The van der Waals surface area contributed by atoms with Crippen molar-refractivity contribution < 1.29 is 31.8 Å². The van der Waals surface area contributed by atoms with Crippen molar-refractivity contribution in [3.63, 3.8) is 0 Å². The molecule has 0 heterocycles. The van der Waals surface area contributed by atoms with Crippen molar-refractivity contribution in [2.45, 2.75) is 19.3 Å². The standard InChI is InChI=1S/C18H12BrF4NO3/c19-14-2-1-3-15(13(14)4-5-26-18(25)17(22)23)27-12-7-10(9-24)6-11(8-12)16(20)21/h1-3,6-8,16-17H,4-5H2. The molecule has 142 valence electrons. The molecule has 0 saturated carbocycles. The molecule has 0 atom stereocenters. The Morgan fingerprint density at radius 2 is 1.93 bits per heavy atom. The lowest BCUT2D eigenvalue weighted by molar-refractivity contribution is -0.156. The highest BCUT2D eigenvalue weighted by Crippen LogP contribution is 2.33. The minimum atomic E-state index is -3.22. The van der Waals surface area contributed by atoms with Gasteiger partial charge in [0.1, 0.15) is 11.5 Å². The number of halogens is 5. The van der Waals surface area contributed by atoms with E-state index in [9.17, 15) is 22.4 Å². The lowest BCUT2D eigenvalue weighted by Gasteiger charge is -2.14. The number of carbonyl (C=O) groups is 1. The minimum absolute atomic E-state index is 0.00482. The van der Waals surface area contributed by atoms with Crippen LogP contribution in [0.5, 0.6) is 11.5 Å². The fraction of sp³-hybridized carbons (Fsp3) is 0.222. The van der Waals surface area contributed by atoms with Crippen molar-refractivity contribution in [2.24, 2.45) is 0 Å². The van der Waals surface area contributed by atoms with Crippen molar-refractivity contribution in [2.75, 3.05) is 6.61 Å². The van der Waals surface area contributed by atoms with Gasteiger partial charge in [-0.2, -0.15) is 14.0 Å². The average molecular weight is 446 g/mol. The Morgan fingerprint density at radius 1 is 1.19 bits per heavy atom. The van der Waals surface area contributed by atoms with Crippen LogP contribution in [0.1, 0.15) is 23.1 Å². The largest absolute Gasteiger partial charge is 0.461 e. The number of nitriles is 1. The highest BCUT2D eigenvalue weighted by atomic mass is 79.9. The van der Waals surface area contributed by atoms with Crippen LogP contribution in [-0.4, -0.2) is 19.0 Å². The van der Waals surface area contributed by atoms with E-state index in [0.29, 0.717) is 10.0 Å². The summed E-state index contributed by atoms with van der Waals surface area (Å²) in [6.07, 6.45) is -5.95. The van der Waals surface area contributed by atoms with E-state index >= 15 is 0 Å². The van der Waals surface area contributed by atoms with E-state index in [4.69, 9.17) is 10.00 Å². The highest BCUT2D eigenvalue weighted by molar-refractivity contribution is 9.10. The van der Waals surface area contributed by atoms with Gasteiger partial charge in [0.15, 0.2) is 0 Å². The van der Waals surface area contributed by atoms with Crippen LogP contribution >= 0.6 is 15.9 Å². The van der Waals surface area contributed by atoms with Crippen LogP contribution in [0.15, 0.2) is 40.9 Å². The molecule has 0 aliphatic rings. The van der Waals surface area contributed by atoms with Crippen molar-refractivity contribution in [3.05, 3.63) is 57.6 Å². The van der Waals surface area contributed by atoms with Gasteiger partial charge < -0.3 is 9.47 Å². The third-order valence-corrected chi connectivity index (χ3v) is 4.13. The molecule has 0 radical (unpaired) electrons. The molecule has 0 N–H and O–H groups in total. The van der Waals surface area contributed by atoms with Crippen LogP contribution in [0, 0.1) is 11.3 Å². The molecule has 0 bridgehead atoms. The Hall–Kier alpha value is -2.60. The second kappa shape index (κ2) is 9.37. The first-order chi connectivity index (χ1) is 12.8. The van der Waals surface area contributed by atoms with Gasteiger partial charge in [0, 0.05) is 22.0 Å². The number of ether oxygens (including phenoxy) is 2. The third kappa shape index (κ3) is 5.69. The van der Waals surface area contributed by atoms with E-state index in [1.807, 2.05) is 0 Å². The number of benzene rings is 2. The van der Waals surface area contributed by atoms with Gasteiger partial charge in [-0.25, -0.2) is 13.6 Å². The SMILES string of the molecule is N#Cc1cc(Oc2cccc(Br)c2CCOC(=O)C(F)F)cc(C(F)F)c1. The average Bonchev–Trinajstić information content (AvgIpc) is 2.63. The van der Waals surface area contributed by atoms with E-state index in [-0.39, 0.29) is 35.7 Å². The fourth-order valence-corrected chi connectivity index (χ4v) is 2.74. The van der Waals surface area contributed by atoms with Crippen LogP contribution in [0.25, 0.3) is 0 Å². The van der Waals surface area contributed by atoms with Crippen LogP contribution in [0.3, 0.4) is 0 Å². The smallest absolute Gasteiger partial charge is 0.373 e. The fourth-order valence-electron chi connectivity index (χ4n) is 2.19. The summed E-state index contributed by atoms with van der Waals surface area (Å²) in [5, 5.41) is 8.98. The summed E-state index contributed by atoms with van der Waals surface area (Å²) in [4.78, 5) is 10.8. The predicted octanol–water partition coefficient (Wildman–Crippen LogP) is 5.40. The van der Waals surface area contributed by atoms with Crippen LogP contribution in [-0.2, 0) is 16.0 Å². The summed E-state index contributed by atoms with van der Waals surface area (Å²) in [7, 11) is 0. The molecule has 0 aliphatic carbocycles. The van der Waals surface area contributed by atoms with Gasteiger partial charge in [-0.05, 0) is 30.3 Å². The van der Waals surface area contributed by atoms with Gasteiger partial charge in [-0.15, -0.1) is 0 Å². The van der Waals surface area contributed by atoms with Gasteiger partial charge in [0.05, 0.1) is 18.2 Å². The maximum atomic E-state index is 13.0. The maximum Gasteiger partial charge on any atom is 0.373 e. The summed E-state index contributed by atoms with van der Waals surface area (Å²) in [6, 6.07) is 10.1. The van der Waals surface area contributed by atoms with Gasteiger partial charge in [0.2, 0.25) is 0 Å². The van der Waals surface area contributed by atoms with E-state index in [2.05, 4.69) is 20.7 Å². The first kappa shape index (κ1) is 20.7. The first-order valence-corrected chi connectivity index (χ1v) is 8.34. The molecular weight excluding hydrogens is 434 g/mol. The number of hydrogen-bond donors (Lipinski definition) is 0. The van der Waals surface area contributed by atoms with Crippen LogP contribution in [0.2, 0.25) is 0 Å². The molecule has 0 spiro atoms. The molecule has 27 heavy (non-hydrogen) atoms. The van der Waals surface area contributed by atoms with Gasteiger partial charge in [0.25, 0.3) is 6.43 Å². The summed E-state index contributed by atoms with van der Waals surface area (Å²) in [6.45, 7) is -0.317. The Bertz CT molecular complexity index is 868. The zero-order valence-corrected chi connectivity index (χ0v) is 15.2. The molecule has 0 fully saturated rings. The maximum absolute atomic E-state index is 13.0. The molecule has 2 rings (SSSR count). The third-order valence-electron chi connectivity index (χ3n) is 3.39. The second-order valence-electron chi connectivity index (χ2n) is 5.24. The molecule has 2 aromatic rings. The van der Waals surface area contributed by atoms with E-state index in [0.717, 1.165) is 12.1 Å². The van der Waals surface area contributed by atoms with Gasteiger partial charge >= 0.3 is 12.4 Å². The number of esters is 1. The van der Waals surface area contributed by atoms with E-state index in [1.165, 1.54) is 12.1 Å². The molecular formula is C18H12BrF4NO3. The normalized spacial score (nSPS) is 10.7. The summed E-state index contributed by atoms with van der Waals surface area (Å²) in [5.41, 5.74) is 0.122. The Kier molecular flexibility index (Phi) is 7.19. The topological polar surface area (TPSA) is 59.3 Å². The van der Waals surface area contributed by atoms with Crippen molar-refractivity contribution >= 4 is 21.9 Å². The number of nitrogens with zero attached hydrogens (tertiary/aromatic N) is 1. The highest BCUT2D eigenvalue weighted by Gasteiger charge is 2.18. The van der Waals surface area contributed by atoms with Crippen molar-refractivity contribution in [3.8, 4) is 17.6 Å². The lowest BCUT2D eigenvalue weighted by atomic mass is 10.1. The summed E-state index contributed by atoms with van der Waals surface area (Å²) >= 11 is 3.28. The monoisotopic (exact) mass is 445 g/mol. The van der Waals surface area contributed by atoms with E-state index < -0.39 is 18.8 Å². The molecule has 0 aromatic heterocycles. The van der Waals surface area contributed by atoms with Crippen LogP contribution in [0.4, 0.5) is 17.6 Å². The van der Waals surface area contributed by atoms with Gasteiger partial charge in [-0.3, -0.25) is 0 Å². The molecule has 0 aliphatic heterocycles. The molecule has 0 saturated heterocycles. The van der Waals surface area contributed by atoms with Gasteiger partial charge in [-0.1, -0.05) is 22.0 Å². The summed E-state index contributed by atoms with van der Waals surface area (Å²) in [5.74, 6) is -1.37. The first-order valence-electron chi connectivity index (χ1n) is 7.55. The predicted molar refractivity (Wildman–Crippen MR) is 91.0 cm³/mol. The number of hydrogen-bond acceptors (Lipinski definition) is 4. The molecule has 4 nitrogen and oxygen atoms in total. The number of carbonyl (C=O) groups excluding carboxylic acids is 1. The number of rotatable bonds is 7. The lowest BCUT2D eigenvalue weighted by Crippen LogP contribution is -2.16. The molecule has 9 heteroatoms.